The van der Waals surface area contributed by atoms with Crippen molar-refractivity contribution in [1.29, 1.82) is 0 Å². The number of rotatable bonds is 6. The second kappa shape index (κ2) is 9.30. The van der Waals surface area contributed by atoms with Crippen LogP contribution in [0.3, 0.4) is 0 Å². The minimum Gasteiger partial charge on any atom is -0.450 e. The second-order valence-corrected chi connectivity index (χ2v) is 6.25. The first-order chi connectivity index (χ1) is 11.7. The Morgan fingerprint density at radius 1 is 1.29 bits per heavy atom. The lowest BCUT2D eigenvalue weighted by atomic mass is 9.94. The Hall–Kier alpha value is -2.04. The average Bonchev–Trinajstić information content (AvgIpc) is 2.63. The van der Waals surface area contributed by atoms with Crippen LogP contribution in [-0.2, 0) is 9.53 Å². The summed E-state index contributed by atoms with van der Waals surface area (Å²) in [7, 11) is 0. The van der Waals surface area contributed by atoms with Gasteiger partial charge in [-0.05, 0) is 31.7 Å². The Kier molecular flexibility index (Phi) is 7.09. The molecule has 132 valence electrons. The van der Waals surface area contributed by atoms with Gasteiger partial charge in [-0.3, -0.25) is 4.79 Å². The summed E-state index contributed by atoms with van der Waals surface area (Å²) in [6.45, 7) is 6.04. The van der Waals surface area contributed by atoms with E-state index >= 15 is 0 Å². The van der Waals surface area contributed by atoms with E-state index in [0.717, 1.165) is 19.3 Å². The topological polar surface area (TPSA) is 58.6 Å². The molecule has 5 nitrogen and oxygen atoms in total. The van der Waals surface area contributed by atoms with Gasteiger partial charge in [-0.25, -0.2) is 4.79 Å². The van der Waals surface area contributed by atoms with Crippen LogP contribution in [0.15, 0.2) is 30.3 Å². The molecule has 1 aromatic carbocycles. The van der Waals surface area contributed by atoms with E-state index < -0.39 is 0 Å². The number of hydrogen-bond donors (Lipinski definition) is 1. The van der Waals surface area contributed by atoms with Crippen LogP contribution in [0.5, 0.6) is 0 Å². The number of carbonyl (C=O) groups is 2. The van der Waals surface area contributed by atoms with Crippen molar-refractivity contribution < 1.29 is 14.3 Å². The summed E-state index contributed by atoms with van der Waals surface area (Å²) in [4.78, 5) is 26.0. The highest BCUT2D eigenvalue weighted by Gasteiger charge is 2.29. The second-order valence-electron chi connectivity index (χ2n) is 6.25. The third-order valence-electron chi connectivity index (χ3n) is 4.60. The van der Waals surface area contributed by atoms with Gasteiger partial charge in [-0.2, -0.15) is 0 Å². The molecule has 1 saturated heterocycles. The predicted octanol–water partition coefficient (Wildman–Crippen LogP) is 3.16. The van der Waals surface area contributed by atoms with E-state index in [9.17, 15) is 9.59 Å². The van der Waals surface area contributed by atoms with Gasteiger partial charge < -0.3 is 15.0 Å². The number of hydrogen-bond acceptors (Lipinski definition) is 3. The zero-order chi connectivity index (χ0) is 17.4. The Morgan fingerprint density at radius 2 is 2.04 bits per heavy atom. The van der Waals surface area contributed by atoms with Gasteiger partial charge >= 0.3 is 6.09 Å². The maximum Gasteiger partial charge on any atom is 0.409 e. The quantitative estimate of drug-likeness (QED) is 0.870. The standard InChI is InChI=1S/C19H28N2O3/c1-3-15(16-9-6-5-7-10-16)13-20-18(22)17-11-8-12-21(14-17)19(23)24-4-2/h5-7,9-10,15,17H,3-4,8,11-14H2,1-2H3,(H,20,22). The molecular formula is C19H28N2O3. The first-order valence-electron chi connectivity index (χ1n) is 8.90. The van der Waals surface area contributed by atoms with Crippen molar-refractivity contribution in [3.05, 3.63) is 35.9 Å². The number of benzene rings is 1. The van der Waals surface area contributed by atoms with Gasteiger partial charge in [0.2, 0.25) is 5.91 Å². The van der Waals surface area contributed by atoms with Gasteiger partial charge in [0.05, 0.1) is 12.5 Å². The maximum atomic E-state index is 12.5. The van der Waals surface area contributed by atoms with Gasteiger partial charge in [0.15, 0.2) is 0 Å². The third-order valence-corrected chi connectivity index (χ3v) is 4.60. The molecule has 1 heterocycles. The molecule has 0 aromatic heterocycles. The molecule has 2 atom stereocenters. The van der Waals surface area contributed by atoms with Crippen LogP contribution in [0.1, 0.15) is 44.6 Å². The summed E-state index contributed by atoms with van der Waals surface area (Å²) in [6.07, 6.45) is 2.33. The summed E-state index contributed by atoms with van der Waals surface area (Å²) in [5, 5.41) is 3.08. The molecule has 2 amide bonds. The van der Waals surface area contributed by atoms with Crippen LogP contribution >= 0.6 is 0 Å². The van der Waals surface area contributed by atoms with Crippen molar-refractivity contribution in [2.24, 2.45) is 5.92 Å². The van der Waals surface area contributed by atoms with E-state index in [1.165, 1.54) is 5.56 Å². The fourth-order valence-electron chi connectivity index (χ4n) is 3.16. The van der Waals surface area contributed by atoms with Crippen LogP contribution in [0.2, 0.25) is 0 Å². The Balaban J connectivity index is 1.86. The Labute approximate surface area is 144 Å². The summed E-state index contributed by atoms with van der Waals surface area (Å²) in [5.41, 5.74) is 1.25. The van der Waals surface area contributed by atoms with Crippen LogP contribution in [0.25, 0.3) is 0 Å². The molecule has 0 aliphatic carbocycles. The van der Waals surface area contributed by atoms with Crippen molar-refractivity contribution in [2.45, 2.75) is 39.0 Å². The van der Waals surface area contributed by atoms with Gasteiger partial charge in [0, 0.05) is 25.6 Å². The van der Waals surface area contributed by atoms with E-state index in [-0.39, 0.29) is 17.9 Å². The molecule has 0 radical (unpaired) electrons. The van der Waals surface area contributed by atoms with Crippen LogP contribution < -0.4 is 5.32 Å². The maximum absolute atomic E-state index is 12.5. The normalized spacial score (nSPS) is 18.8. The number of likely N-dealkylation sites (tertiary alicyclic amines) is 1. The summed E-state index contributed by atoms with van der Waals surface area (Å²) < 4.78 is 5.04. The van der Waals surface area contributed by atoms with Crippen molar-refractivity contribution in [2.75, 3.05) is 26.2 Å². The van der Waals surface area contributed by atoms with Crippen LogP contribution in [0, 0.1) is 5.92 Å². The molecule has 1 aliphatic rings. The minimum atomic E-state index is -0.314. The first-order valence-corrected chi connectivity index (χ1v) is 8.90. The van der Waals surface area contributed by atoms with Crippen LogP contribution in [0.4, 0.5) is 4.79 Å². The van der Waals surface area contributed by atoms with Crippen molar-refractivity contribution in [1.82, 2.24) is 10.2 Å². The van der Waals surface area contributed by atoms with Gasteiger partial charge in [-0.1, -0.05) is 37.3 Å². The zero-order valence-electron chi connectivity index (χ0n) is 14.7. The highest BCUT2D eigenvalue weighted by Crippen LogP contribution is 2.20. The van der Waals surface area contributed by atoms with Crippen LogP contribution in [-0.4, -0.2) is 43.1 Å². The van der Waals surface area contributed by atoms with E-state index in [2.05, 4.69) is 24.4 Å². The highest BCUT2D eigenvalue weighted by atomic mass is 16.6. The molecule has 0 bridgehead atoms. The van der Waals surface area contributed by atoms with Gasteiger partial charge in [0.1, 0.15) is 0 Å². The molecule has 5 heteroatoms. The number of carbonyl (C=O) groups excluding carboxylic acids is 2. The van der Waals surface area contributed by atoms with Crippen molar-refractivity contribution in [3.63, 3.8) is 0 Å². The lowest BCUT2D eigenvalue weighted by Crippen LogP contribution is -2.46. The zero-order valence-corrected chi connectivity index (χ0v) is 14.7. The molecule has 1 aromatic rings. The molecular weight excluding hydrogens is 304 g/mol. The Bertz CT molecular complexity index is 533. The smallest absolute Gasteiger partial charge is 0.409 e. The fraction of sp³-hybridized carbons (Fsp3) is 0.579. The molecule has 1 fully saturated rings. The van der Waals surface area contributed by atoms with E-state index in [4.69, 9.17) is 4.74 Å². The first kappa shape index (κ1) is 18.3. The van der Waals surface area contributed by atoms with Crippen molar-refractivity contribution >= 4 is 12.0 Å². The average molecular weight is 332 g/mol. The molecule has 2 unspecified atom stereocenters. The van der Waals surface area contributed by atoms with E-state index in [1.807, 2.05) is 18.2 Å². The lowest BCUT2D eigenvalue weighted by Gasteiger charge is -2.31. The minimum absolute atomic E-state index is 0.0402. The highest BCUT2D eigenvalue weighted by molar-refractivity contribution is 5.80. The largest absolute Gasteiger partial charge is 0.450 e. The molecule has 0 spiro atoms. The number of piperidine rings is 1. The summed E-state index contributed by atoms with van der Waals surface area (Å²) >= 11 is 0. The number of nitrogens with one attached hydrogen (secondary N) is 1. The SMILES string of the molecule is CCOC(=O)N1CCCC(C(=O)NCC(CC)c2ccccc2)C1. The van der Waals surface area contributed by atoms with Gasteiger partial charge in [-0.15, -0.1) is 0 Å². The monoisotopic (exact) mass is 332 g/mol. The third kappa shape index (κ3) is 4.98. The molecule has 1 aliphatic heterocycles. The predicted molar refractivity (Wildman–Crippen MR) is 93.8 cm³/mol. The van der Waals surface area contributed by atoms with Crippen molar-refractivity contribution in [3.8, 4) is 0 Å². The van der Waals surface area contributed by atoms with E-state index in [0.29, 0.717) is 32.2 Å². The lowest BCUT2D eigenvalue weighted by molar-refractivity contribution is -0.126. The fourth-order valence-corrected chi connectivity index (χ4v) is 3.16. The summed E-state index contributed by atoms with van der Waals surface area (Å²) in [6, 6.07) is 10.3. The number of nitrogens with zero attached hydrogens (tertiary/aromatic N) is 1. The van der Waals surface area contributed by atoms with E-state index in [1.54, 1.807) is 11.8 Å². The van der Waals surface area contributed by atoms with Gasteiger partial charge in [0.25, 0.3) is 0 Å². The number of ether oxygens (including phenoxy) is 1. The summed E-state index contributed by atoms with van der Waals surface area (Å²) in [5.74, 6) is 0.217. The molecule has 24 heavy (non-hydrogen) atoms. The number of amides is 2. The molecule has 0 saturated carbocycles. The molecule has 2 rings (SSSR count). The Morgan fingerprint density at radius 3 is 2.71 bits per heavy atom. The molecule has 1 N–H and O–H groups in total.